The molecular weight excluding hydrogens is 304 g/mol. The average Bonchev–Trinajstić information content (AvgIpc) is 2.49. The van der Waals surface area contributed by atoms with Crippen LogP contribution in [-0.4, -0.2) is 24.2 Å². The number of aliphatic hydroxyl groups excluding tert-OH is 1. The Kier molecular flexibility index (Phi) is 6.05. The maximum absolute atomic E-state index is 12.2. The number of nitrogens with one attached hydrogen (secondary N) is 1. The van der Waals surface area contributed by atoms with E-state index in [1.54, 1.807) is 24.3 Å². The van der Waals surface area contributed by atoms with Crippen molar-refractivity contribution in [2.75, 3.05) is 11.9 Å². The second-order valence-electron chi connectivity index (χ2n) is 4.92. The second kappa shape index (κ2) is 8.24. The van der Waals surface area contributed by atoms with Crippen molar-refractivity contribution < 1.29 is 23.4 Å². The van der Waals surface area contributed by atoms with Gasteiger partial charge in [0.1, 0.15) is 5.75 Å². The lowest BCUT2D eigenvalue weighted by molar-refractivity contribution is -0.115. The Morgan fingerprint density at radius 1 is 1.13 bits per heavy atom. The van der Waals surface area contributed by atoms with Crippen molar-refractivity contribution in [3.63, 3.8) is 0 Å². The average molecular weight is 321 g/mol. The quantitative estimate of drug-likeness (QED) is 0.824. The van der Waals surface area contributed by atoms with Crippen molar-refractivity contribution in [1.82, 2.24) is 0 Å². The maximum atomic E-state index is 12.2. The smallest absolute Gasteiger partial charge is 0.387 e. The van der Waals surface area contributed by atoms with Crippen molar-refractivity contribution in [3.8, 4) is 5.75 Å². The molecule has 0 heterocycles. The van der Waals surface area contributed by atoms with Gasteiger partial charge < -0.3 is 15.2 Å². The van der Waals surface area contributed by atoms with E-state index >= 15 is 0 Å². The lowest BCUT2D eigenvalue weighted by atomic mass is 10.1. The Morgan fingerprint density at radius 3 is 2.52 bits per heavy atom. The molecule has 1 amide bonds. The minimum absolute atomic E-state index is 0.0265. The first kappa shape index (κ1) is 16.9. The molecule has 0 atom stereocenters. The van der Waals surface area contributed by atoms with Crippen molar-refractivity contribution in [3.05, 3.63) is 59.7 Å². The molecule has 2 aromatic carbocycles. The lowest BCUT2D eigenvalue weighted by Crippen LogP contribution is -2.14. The molecule has 0 unspecified atom stereocenters. The van der Waals surface area contributed by atoms with Crippen molar-refractivity contribution in [2.24, 2.45) is 0 Å². The zero-order valence-electron chi connectivity index (χ0n) is 12.3. The van der Waals surface area contributed by atoms with E-state index in [9.17, 15) is 13.6 Å². The minimum atomic E-state index is -2.89. The molecule has 4 nitrogen and oxygen atoms in total. The molecule has 2 rings (SSSR count). The number of halogens is 2. The van der Waals surface area contributed by atoms with Crippen LogP contribution in [-0.2, 0) is 17.6 Å². The summed E-state index contributed by atoms with van der Waals surface area (Å²) in [7, 11) is 0. The normalized spacial score (nSPS) is 10.6. The summed E-state index contributed by atoms with van der Waals surface area (Å²) in [4.78, 5) is 12.0. The number of benzene rings is 2. The molecule has 0 aromatic heterocycles. The lowest BCUT2D eigenvalue weighted by Gasteiger charge is -2.08. The molecule has 0 fully saturated rings. The third-order valence-corrected chi connectivity index (χ3v) is 3.13. The van der Waals surface area contributed by atoms with E-state index in [-0.39, 0.29) is 24.7 Å². The van der Waals surface area contributed by atoms with Crippen LogP contribution in [0.15, 0.2) is 48.5 Å². The molecule has 0 bridgehead atoms. The monoisotopic (exact) mass is 321 g/mol. The zero-order valence-corrected chi connectivity index (χ0v) is 12.3. The number of hydrogen-bond acceptors (Lipinski definition) is 3. The number of carbonyl (C=O) groups excluding carboxylic acids is 1. The Bertz CT molecular complexity index is 645. The SMILES string of the molecule is O=C(Cc1cccc(OC(F)F)c1)Nc1ccc(CCO)cc1. The molecule has 0 saturated heterocycles. The van der Waals surface area contributed by atoms with Gasteiger partial charge in [-0.15, -0.1) is 0 Å². The molecule has 0 aliphatic heterocycles. The molecule has 0 saturated carbocycles. The minimum Gasteiger partial charge on any atom is -0.435 e. The van der Waals surface area contributed by atoms with Crippen LogP contribution in [0.5, 0.6) is 5.75 Å². The molecule has 6 heteroatoms. The van der Waals surface area contributed by atoms with Crippen LogP contribution in [0.2, 0.25) is 0 Å². The fraction of sp³-hybridized carbons (Fsp3) is 0.235. The maximum Gasteiger partial charge on any atom is 0.387 e. The number of alkyl halides is 2. The first-order chi connectivity index (χ1) is 11.1. The van der Waals surface area contributed by atoms with Gasteiger partial charge in [-0.1, -0.05) is 24.3 Å². The van der Waals surface area contributed by atoms with E-state index in [1.165, 1.54) is 12.1 Å². The molecule has 0 radical (unpaired) electrons. The Balaban J connectivity index is 1.93. The Hall–Kier alpha value is -2.47. The zero-order chi connectivity index (χ0) is 16.7. The summed E-state index contributed by atoms with van der Waals surface area (Å²) in [5.41, 5.74) is 2.19. The van der Waals surface area contributed by atoms with E-state index in [4.69, 9.17) is 5.11 Å². The molecule has 0 aliphatic carbocycles. The predicted molar refractivity (Wildman–Crippen MR) is 82.6 cm³/mol. The van der Waals surface area contributed by atoms with Crippen LogP contribution in [0.1, 0.15) is 11.1 Å². The molecule has 0 spiro atoms. The standard InChI is InChI=1S/C17H17F2NO3/c18-17(19)23-15-3-1-2-13(10-15)11-16(22)20-14-6-4-12(5-7-14)8-9-21/h1-7,10,17,21H,8-9,11H2,(H,20,22). The molecule has 23 heavy (non-hydrogen) atoms. The highest BCUT2D eigenvalue weighted by atomic mass is 19.3. The number of aliphatic hydroxyl groups is 1. The van der Waals surface area contributed by atoms with Gasteiger partial charge >= 0.3 is 6.61 Å². The Morgan fingerprint density at radius 2 is 1.87 bits per heavy atom. The van der Waals surface area contributed by atoms with Gasteiger partial charge in [0.05, 0.1) is 6.42 Å². The summed E-state index contributed by atoms with van der Waals surface area (Å²) in [6.07, 6.45) is 0.615. The largest absolute Gasteiger partial charge is 0.435 e. The van der Waals surface area contributed by atoms with E-state index in [0.717, 1.165) is 5.56 Å². The highest BCUT2D eigenvalue weighted by Crippen LogP contribution is 2.17. The number of anilines is 1. The molecule has 0 aliphatic rings. The van der Waals surface area contributed by atoms with Crippen molar-refractivity contribution in [1.29, 1.82) is 0 Å². The highest BCUT2D eigenvalue weighted by molar-refractivity contribution is 5.92. The van der Waals surface area contributed by atoms with E-state index in [0.29, 0.717) is 17.7 Å². The number of carbonyl (C=O) groups is 1. The third kappa shape index (κ3) is 5.67. The van der Waals surface area contributed by atoms with Gasteiger partial charge in [0, 0.05) is 12.3 Å². The van der Waals surface area contributed by atoms with E-state index in [1.807, 2.05) is 12.1 Å². The van der Waals surface area contributed by atoms with Crippen LogP contribution in [0.3, 0.4) is 0 Å². The first-order valence-electron chi connectivity index (χ1n) is 7.10. The fourth-order valence-electron chi connectivity index (χ4n) is 2.11. The molecule has 2 N–H and O–H groups in total. The van der Waals surface area contributed by atoms with Gasteiger partial charge in [-0.2, -0.15) is 8.78 Å². The number of hydrogen-bond donors (Lipinski definition) is 2. The van der Waals surface area contributed by atoms with Gasteiger partial charge in [0.2, 0.25) is 5.91 Å². The van der Waals surface area contributed by atoms with Crippen LogP contribution < -0.4 is 10.1 Å². The van der Waals surface area contributed by atoms with Gasteiger partial charge in [-0.25, -0.2) is 0 Å². The van der Waals surface area contributed by atoms with Crippen LogP contribution in [0.4, 0.5) is 14.5 Å². The van der Waals surface area contributed by atoms with E-state index in [2.05, 4.69) is 10.1 Å². The summed E-state index contributed by atoms with van der Waals surface area (Å²) < 4.78 is 28.7. The highest BCUT2D eigenvalue weighted by Gasteiger charge is 2.08. The first-order valence-corrected chi connectivity index (χ1v) is 7.10. The number of amides is 1. The van der Waals surface area contributed by atoms with Gasteiger partial charge in [0.15, 0.2) is 0 Å². The third-order valence-electron chi connectivity index (χ3n) is 3.13. The summed E-state index contributed by atoms with van der Waals surface area (Å²) >= 11 is 0. The topological polar surface area (TPSA) is 58.6 Å². The molecule has 122 valence electrons. The van der Waals surface area contributed by atoms with Crippen molar-refractivity contribution in [2.45, 2.75) is 19.5 Å². The second-order valence-corrected chi connectivity index (χ2v) is 4.92. The van der Waals surface area contributed by atoms with E-state index < -0.39 is 6.61 Å². The van der Waals surface area contributed by atoms with Gasteiger partial charge in [-0.3, -0.25) is 4.79 Å². The number of ether oxygens (including phenoxy) is 1. The van der Waals surface area contributed by atoms with Crippen LogP contribution >= 0.6 is 0 Å². The summed E-state index contributed by atoms with van der Waals surface area (Å²) in [5, 5.41) is 11.6. The van der Waals surface area contributed by atoms with Gasteiger partial charge in [-0.05, 0) is 41.8 Å². The van der Waals surface area contributed by atoms with Crippen LogP contribution in [0.25, 0.3) is 0 Å². The fourth-order valence-corrected chi connectivity index (χ4v) is 2.11. The van der Waals surface area contributed by atoms with Crippen LogP contribution in [0, 0.1) is 0 Å². The summed E-state index contributed by atoms with van der Waals surface area (Å²) in [6.45, 7) is -2.82. The molecular formula is C17H17F2NO3. The Labute approximate surface area is 132 Å². The molecule has 2 aromatic rings. The van der Waals surface area contributed by atoms with Gasteiger partial charge in [0.25, 0.3) is 0 Å². The number of rotatable bonds is 7. The predicted octanol–water partition coefficient (Wildman–Crippen LogP) is 3.00. The summed E-state index contributed by atoms with van der Waals surface area (Å²) in [6, 6.07) is 13.2. The van der Waals surface area contributed by atoms with Crippen molar-refractivity contribution >= 4 is 11.6 Å². The summed E-state index contributed by atoms with van der Waals surface area (Å²) in [5.74, 6) is -0.229.